The van der Waals surface area contributed by atoms with Gasteiger partial charge in [-0.3, -0.25) is 4.79 Å². The van der Waals surface area contributed by atoms with Crippen LogP contribution in [-0.4, -0.2) is 48.1 Å². The number of ether oxygens (including phenoxy) is 1. The second-order valence-electron chi connectivity index (χ2n) is 6.07. The largest absolute Gasteiger partial charge is 0.490 e. The maximum absolute atomic E-state index is 12.4. The number of rotatable bonds is 2. The molecule has 2 bridgehead atoms. The summed E-state index contributed by atoms with van der Waals surface area (Å²) in [5, 5.41) is 3.14. The number of nitrogens with zero attached hydrogens (tertiary/aromatic N) is 2. The number of hydrogen-bond donors (Lipinski definition) is 1. The summed E-state index contributed by atoms with van der Waals surface area (Å²) in [6.45, 7) is 4.01. The number of pyridine rings is 1. The quantitative estimate of drug-likeness (QED) is 0.867. The van der Waals surface area contributed by atoms with Crippen LogP contribution in [0.25, 0.3) is 0 Å². The predicted molar refractivity (Wildman–Crippen MR) is 73.9 cm³/mol. The van der Waals surface area contributed by atoms with E-state index in [4.69, 9.17) is 4.74 Å². The van der Waals surface area contributed by atoms with Crippen molar-refractivity contribution in [2.75, 3.05) is 26.2 Å². The maximum Gasteiger partial charge on any atom is 0.274 e. The summed E-state index contributed by atoms with van der Waals surface area (Å²) in [6.07, 6.45) is 4.94. The number of nitrogens with one attached hydrogen (secondary N) is 1. The molecular weight excluding hydrogens is 254 g/mol. The number of hydrogen-bond acceptors (Lipinski definition) is 4. The third-order valence-corrected chi connectivity index (χ3v) is 4.62. The first-order valence-corrected chi connectivity index (χ1v) is 7.43. The Kier molecular flexibility index (Phi) is 2.88. The van der Waals surface area contributed by atoms with Crippen molar-refractivity contribution in [2.24, 2.45) is 5.92 Å². The molecule has 3 atom stereocenters. The van der Waals surface area contributed by atoms with Gasteiger partial charge in [0, 0.05) is 37.3 Å². The Hall–Kier alpha value is -1.62. The van der Waals surface area contributed by atoms with Crippen molar-refractivity contribution in [1.82, 2.24) is 15.2 Å². The maximum atomic E-state index is 12.4. The summed E-state index contributed by atoms with van der Waals surface area (Å²) in [4.78, 5) is 19.1. The van der Waals surface area contributed by atoms with Crippen LogP contribution in [0.4, 0.5) is 0 Å². The molecule has 2 saturated heterocycles. The smallest absolute Gasteiger partial charge is 0.274 e. The Morgan fingerprint density at radius 1 is 1.45 bits per heavy atom. The third-order valence-electron chi connectivity index (χ3n) is 4.62. The number of amides is 1. The Balaban J connectivity index is 1.49. The van der Waals surface area contributed by atoms with Gasteiger partial charge >= 0.3 is 0 Å². The lowest BCUT2D eigenvalue weighted by Gasteiger charge is -2.30. The Bertz CT molecular complexity index is 534. The van der Waals surface area contributed by atoms with Gasteiger partial charge in [-0.15, -0.1) is 0 Å². The summed E-state index contributed by atoms with van der Waals surface area (Å²) in [5.41, 5.74) is 1.55. The van der Waals surface area contributed by atoms with Gasteiger partial charge in [0.1, 0.15) is 0 Å². The molecule has 5 heteroatoms. The second kappa shape index (κ2) is 4.74. The first-order chi connectivity index (χ1) is 9.79. The molecule has 20 heavy (non-hydrogen) atoms. The number of aromatic nitrogens is 1. The van der Waals surface area contributed by atoms with Crippen molar-refractivity contribution in [3.8, 4) is 5.75 Å². The average molecular weight is 273 g/mol. The number of piperidine rings is 1. The first kappa shape index (κ1) is 12.1. The van der Waals surface area contributed by atoms with Gasteiger partial charge in [0.2, 0.25) is 0 Å². The molecule has 1 unspecified atom stereocenters. The third kappa shape index (κ3) is 2.06. The van der Waals surface area contributed by atoms with Crippen molar-refractivity contribution in [1.29, 1.82) is 0 Å². The van der Waals surface area contributed by atoms with Crippen molar-refractivity contribution < 1.29 is 9.53 Å². The lowest BCUT2D eigenvalue weighted by Crippen LogP contribution is -2.47. The topological polar surface area (TPSA) is 54.5 Å². The lowest BCUT2D eigenvalue weighted by atomic mass is 9.97. The van der Waals surface area contributed by atoms with Crippen LogP contribution >= 0.6 is 0 Å². The molecule has 2 fully saturated rings. The minimum absolute atomic E-state index is 0.0868. The minimum Gasteiger partial charge on any atom is -0.490 e. The fourth-order valence-corrected chi connectivity index (χ4v) is 3.69. The Labute approximate surface area is 118 Å². The van der Waals surface area contributed by atoms with Gasteiger partial charge < -0.3 is 15.0 Å². The van der Waals surface area contributed by atoms with Gasteiger partial charge in [0.05, 0.1) is 6.61 Å². The summed E-state index contributed by atoms with van der Waals surface area (Å²) < 4.78 is 5.56. The van der Waals surface area contributed by atoms with Crippen LogP contribution in [0, 0.1) is 5.92 Å². The van der Waals surface area contributed by atoms with E-state index < -0.39 is 0 Å². The van der Waals surface area contributed by atoms with Crippen molar-refractivity contribution in [3.63, 3.8) is 0 Å². The fourth-order valence-electron chi connectivity index (χ4n) is 3.69. The number of fused-ring (bicyclic) bond motifs is 3. The van der Waals surface area contributed by atoms with E-state index in [2.05, 4.69) is 15.2 Å². The zero-order valence-corrected chi connectivity index (χ0v) is 11.5. The summed E-state index contributed by atoms with van der Waals surface area (Å²) in [5.74, 6) is 1.35. The SMILES string of the molecule is O=C(N[C@@H]1C[C@H]2CCN(C2)C1)c1nccc2c1OCC2. The standard InChI is InChI=1S/C15H19N3O2/c19-15(13-14-11(1-4-16-13)3-6-20-14)17-12-7-10-2-5-18(8-10)9-12/h1,4,10,12H,2-3,5-9H2,(H,17,19)/t10-,12-/m1/s1. The van der Waals surface area contributed by atoms with E-state index in [1.807, 2.05) is 6.07 Å². The molecule has 4 rings (SSSR count). The molecular formula is C15H19N3O2. The summed E-state index contributed by atoms with van der Waals surface area (Å²) in [7, 11) is 0. The fraction of sp³-hybridized carbons (Fsp3) is 0.600. The van der Waals surface area contributed by atoms with Gasteiger partial charge in [0.15, 0.2) is 11.4 Å². The lowest BCUT2D eigenvalue weighted by molar-refractivity contribution is 0.0901. The highest BCUT2D eigenvalue weighted by Crippen LogP contribution is 2.29. The van der Waals surface area contributed by atoms with E-state index in [0.717, 1.165) is 30.9 Å². The highest BCUT2D eigenvalue weighted by Gasteiger charge is 2.33. The molecule has 106 valence electrons. The molecule has 1 N–H and O–H groups in total. The minimum atomic E-state index is -0.0868. The van der Waals surface area contributed by atoms with E-state index in [1.165, 1.54) is 19.5 Å². The molecule has 5 nitrogen and oxygen atoms in total. The van der Waals surface area contributed by atoms with Crippen LogP contribution in [0.2, 0.25) is 0 Å². The Morgan fingerprint density at radius 3 is 3.30 bits per heavy atom. The molecule has 1 amide bonds. The summed E-state index contributed by atoms with van der Waals surface area (Å²) >= 11 is 0. The molecule has 3 aliphatic heterocycles. The van der Waals surface area contributed by atoms with E-state index >= 15 is 0 Å². The van der Waals surface area contributed by atoms with Gasteiger partial charge in [-0.05, 0) is 31.4 Å². The van der Waals surface area contributed by atoms with Crippen LogP contribution in [0.5, 0.6) is 5.75 Å². The molecule has 4 heterocycles. The van der Waals surface area contributed by atoms with Crippen LogP contribution in [-0.2, 0) is 6.42 Å². The number of carbonyl (C=O) groups is 1. The summed E-state index contributed by atoms with van der Waals surface area (Å²) in [6, 6.07) is 2.19. The van der Waals surface area contributed by atoms with Crippen LogP contribution in [0.1, 0.15) is 28.9 Å². The van der Waals surface area contributed by atoms with Gasteiger partial charge in [-0.2, -0.15) is 0 Å². The first-order valence-electron chi connectivity index (χ1n) is 7.43. The van der Waals surface area contributed by atoms with Crippen molar-refractivity contribution in [2.45, 2.75) is 25.3 Å². The molecule has 3 aliphatic rings. The molecule has 1 aromatic heterocycles. The zero-order valence-electron chi connectivity index (χ0n) is 11.5. The van der Waals surface area contributed by atoms with Crippen LogP contribution in [0.15, 0.2) is 12.3 Å². The van der Waals surface area contributed by atoms with Crippen molar-refractivity contribution in [3.05, 3.63) is 23.5 Å². The molecule has 1 aromatic rings. The van der Waals surface area contributed by atoms with E-state index in [-0.39, 0.29) is 11.9 Å². The average Bonchev–Trinajstić information content (AvgIpc) is 3.04. The zero-order chi connectivity index (χ0) is 13.5. The van der Waals surface area contributed by atoms with Crippen molar-refractivity contribution >= 4 is 5.91 Å². The predicted octanol–water partition coefficient (Wildman–Crippen LogP) is 0.840. The molecule has 0 aromatic carbocycles. The molecule has 0 spiro atoms. The van der Waals surface area contributed by atoms with E-state index in [1.54, 1.807) is 6.20 Å². The Morgan fingerprint density at radius 2 is 2.40 bits per heavy atom. The highest BCUT2D eigenvalue weighted by atomic mass is 16.5. The van der Waals surface area contributed by atoms with Crippen LogP contribution in [0.3, 0.4) is 0 Å². The molecule has 0 aliphatic carbocycles. The number of carbonyl (C=O) groups excluding carboxylic acids is 1. The van der Waals surface area contributed by atoms with E-state index in [0.29, 0.717) is 18.1 Å². The normalized spacial score (nSPS) is 30.7. The molecule has 0 saturated carbocycles. The van der Waals surface area contributed by atoms with Gasteiger partial charge in [-0.1, -0.05) is 0 Å². The highest BCUT2D eigenvalue weighted by molar-refractivity contribution is 5.95. The second-order valence-corrected chi connectivity index (χ2v) is 6.07. The van der Waals surface area contributed by atoms with Gasteiger partial charge in [0.25, 0.3) is 5.91 Å². The molecule has 0 radical (unpaired) electrons. The monoisotopic (exact) mass is 273 g/mol. The van der Waals surface area contributed by atoms with Gasteiger partial charge in [-0.25, -0.2) is 4.98 Å². The van der Waals surface area contributed by atoms with Crippen LogP contribution < -0.4 is 10.1 Å². The van der Waals surface area contributed by atoms with E-state index in [9.17, 15) is 4.79 Å².